The monoisotopic (exact) mass is 313 g/mol. The van der Waals surface area contributed by atoms with E-state index in [2.05, 4.69) is 41.4 Å². The normalized spacial score (nSPS) is 11.9. The zero-order valence-electron chi connectivity index (χ0n) is 12.2. The number of hydrogen-bond donors (Lipinski definition) is 0. The maximum atomic E-state index is 6.20. The summed E-state index contributed by atoms with van der Waals surface area (Å²) >= 11 is 12.2. The lowest BCUT2D eigenvalue weighted by atomic mass is 10.3. The van der Waals surface area contributed by atoms with Crippen molar-refractivity contribution in [3.8, 4) is 0 Å². The standard InChI is InChI=1S/C15H21Cl2N3/c1-11(2)19(3)8-5-9-20-13-7-4-6-12(17)15(13)18-14(20)10-16/h4,6-7,11H,5,8-10H2,1-3H3. The van der Waals surface area contributed by atoms with Crippen LogP contribution in [0.25, 0.3) is 11.0 Å². The molecule has 0 aliphatic heterocycles. The first-order chi connectivity index (χ1) is 9.54. The number of nitrogens with zero attached hydrogens (tertiary/aromatic N) is 3. The van der Waals surface area contributed by atoms with Gasteiger partial charge in [-0.2, -0.15) is 0 Å². The molecule has 2 rings (SSSR count). The average Bonchev–Trinajstić information content (AvgIpc) is 2.78. The number of halogens is 2. The van der Waals surface area contributed by atoms with Crippen LogP contribution >= 0.6 is 23.2 Å². The van der Waals surface area contributed by atoms with Crippen LogP contribution in [0.5, 0.6) is 0 Å². The van der Waals surface area contributed by atoms with Crippen LogP contribution in [0, 0.1) is 0 Å². The summed E-state index contributed by atoms with van der Waals surface area (Å²) in [6.07, 6.45) is 1.07. The maximum Gasteiger partial charge on any atom is 0.124 e. The Morgan fingerprint density at radius 1 is 1.35 bits per heavy atom. The second-order valence-corrected chi connectivity index (χ2v) is 6.02. The fraction of sp³-hybridized carbons (Fsp3) is 0.533. The predicted octanol–water partition coefficient (Wildman–Crippen LogP) is 4.16. The van der Waals surface area contributed by atoms with Gasteiger partial charge in [0.2, 0.25) is 0 Å². The first-order valence-electron chi connectivity index (χ1n) is 6.94. The van der Waals surface area contributed by atoms with E-state index in [4.69, 9.17) is 23.2 Å². The third kappa shape index (κ3) is 3.27. The van der Waals surface area contributed by atoms with Gasteiger partial charge in [0.05, 0.1) is 16.4 Å². The second kappa shape index (κ2) is 6.79. The molecule has 1 aromatic heterocycles. The van der Waals surface area contributed by atoms with Crippen LogP contribution in [0.15, 0.2) is 18.2 Å². The zero-order chi connectivity index (χ0) is 14.7. The summed E-state index contributed by atoms with van der Waals surface area (Å²) < 4.78 is 2.18. The minimum atomic E-state index is 0.408. The van der Waals surface area contributed by atoms with Crippen molar-refractivity contribution in [2.24, 2.45) is 0 Å². The molecule has 0 saturated carbocycles. The van der Waals surface area contributed by atoms with Crippen molar-refractivity contribution >= 4 is 34.2 Å². The number of alkyl halides is 1. The predicted molar refractivity (Wildman–Crippen MR) is 86.7 cm³/mol. The van der Waals surface area contributed by atoms with E-state index in [1.54, 1.807) is 0 Å². The van der Waals surface area contributed by atoms with E-state index in [9.17, 15) is 0 Å². The van der Waals surface area contributed by atoms with Gasteiger partial charge in [-0.15, -0.1) is 11.6 Å². The fourth-order valence-corrected chi connectivity index (χ4v) is 2.66. The lowest BCUT2D eigenvalue weighted by molar-refractivity contribution is 0.265. The molecule has 20 heavy (non-hydrogen) atoms. The highest BCUT2D eigenvalue weighted by Crippen LogP contribution is 2.24. The van der Waals surface area contributed by atoms with Gasteiger partial charge in [-0.3, -0.25) is 0 Å². The Kier molecular flexibility index (Phi) is 5.30. The van der Waals surface area contributed by atoms with Crippen molar-refractivity contribution in [3.05, 3.63) is 29.0 Å². The van der Waals surface area contributed by atoms with Crippen molar-refractivity contribution in [1.29, 1.82) is 0 Å². The molecule has 0 saturated heterocycles. The Hall–Kier alpha value is -0.770. The lowest BCUT2D eigenvalue weighted by Crippen LogP contribution is -2.28. The van der Waals surface area contributed by atoms with Gasteiger partial charge in [-0.1, -0.05) is 17.7 Å². The number of fused-ring (bicyclic) bond motifs is 1. The van der Waals surface area contributed by atoms with E-state index < -0.39 is 0 Å². The van der Waals surface area contributed by atoms with Crippen molar-refractivity contribution in [1.82, 2.24) is 14.5 Å². The third-order valence-corrected chi connectivity index (χ3v) is 4.25. The zero-order valence-corrected chi connectivity index (χ0v) is 13.7. The molecule has 3 nitrogen and oxygen atoms in total. The van der Waals surface area contributed by atoms with Crippen molar-refractivity contribution in [2.45, 2.75) is 38.7 Å². The summed E-state index contributed by atoms with van der Waals surface area (Å²) in [7, 11) is 2.15. The lowest BCUT2D eigenvalue weighted by Gasteiger charge is -2.21. The van der Waals surface area contributed by atoms with Gasteiger partial charge < -0.3 is 9.47 Å². The Balaban J connectivity index is 2.18. The van der Waals surface area contributed by atoms with Gasteiger partial charge in [-0.25, -0.2) is 4.98 Å². The Bertz CT molecular complexity index is 578. The van der Waals surface area contributed by atoms with Gasteiger partial charge >= 0.3 is 0 Å². The van der Waals surface area contributed by atoms with Crippen LogP contribution in [-0.4, -0.2) is 34.1 Å². The van der Waals surface area contributed by atoms with Gasteiger partial charge in [-0.05, 0) is 46.0 Å². The maximum absolute atomic E-state index is 6.20. The SMILES string of the molecule is CC(C)N(C)CCCn1c(CCl)nc2c(Cl)cccc21. The Morgan fingerprint density at radius 2 is 2.10 bits per heavy atom. The highest BCUT2D eigenvalue weighted by atomic mass is 35.5. The van der Waals surface area contributed by atoms with E-state index in [0.717, 1.165) is 36.4 Å². The van der Waals surface area contributed by atoms with E-state index in [-0.39, 0.29) is 0 Å². The Morgan fingerprint density at radius 3 is 2.75 bits per heavy atom. The molecule has 0 atom stereocenters. The second-order valence-electron chi connectivity index (χ2n) is 5.35. The minimum Gasteiger partial charge on any atom is -0.327 e. The van der Waals surface area contributed by atoms with Crippen molar-refractivity contribution in [3.63, 3.8) is 0 Å². The van der Waals surface area contributed by atoms with Crippen LogP contribution in [0.3, 0.4) is 0 Å². The number of para-hydroxylation sites is 1. The average molecular weight is 314 g/mol. The highest BCUT2D eigenvalue weighted by Gasteiger charge is 2.12. The molecule has 0 amide bonds. The van der Waals surface area contributed by atoms with Crippen LogP contribution in [0.1, 0.15) is 26.1 Å². The number of hydrogen-bond acceptors (Lipinski definition) is 2. The molecular formula is C15H21Cl2N3. The summed E-state index contributed by atoms with van der Waals surface area (Å²) in [5, 5.41) is 0.687. The quantitative estimate of drug-likeness (QED) is 0.747. The molecule has 0 unspecified atom stereocenters. The molecule has 2 aromatic rings. The van der Waals surface area contributed by atoms with Crippen LogP contribution < -0.4 is 0 Å². The number of aromatic nitrogens is 2. The molecule has 1 aromatic carbocycles. The molecular weight excluding hydrogens is 293 g/mol. The number of rotatable bonds is 6. The van der Waals surface area contributed by atoms with Crippen molar-refractivity contribution < 1.29 is 0 Å². The van der Waals surface area contributed by atoms with Crippen LogP contribution in [0.2, 0.25) is 5.02 Å². The Labute approximate surface area is 130 Å². The van der Waals surface area contributed by atoms with Crippen molar-refractivity contribution in [2.75, 3.05) is 13.6 Å². The molecule has 0 spiro atoms. The molecule has 5 heteroatoms. The van der Waals surface area contributed by atoms with E-state index in [1.807, 2.05) is 12.1 Å². The first kappa shape index (κ1) is 15.6. The molecule has 110 valence electrons. The fourth-order valence-electron chi connectivity index (χ4n) is 2.25. The first-order valence-corrected chi connectivity index (χ1v) is 7.85. The molecule has 0 N–H and O–H groups in total. The largest absolute Gasteiger partial charge is 0.327 e. The molecule has 1 heterocycles. The molecule has 0 fully saturated rings. The van der Waals surface area contributed by atoms with E-state index in [1.165, 1.54) is 0 Å². The summed E-state index contributed by atoms with van der Waals surface area (Å²) in [6.45, 7) is 6.38. The van der Waals surface area contributed by atoms with E-state index in [0.29, 0.717) is 16.9 Å². The highest BCUT2D eigenvalue weighted by molar-refractivity contribution is 6.34. The smallest absolute Gasteiger partial charge is 0.124 e. The number of imidazole rings is 1. The minimum absolute atomic E-state index is 0.408. The van der Waals surface area contributed by atoms with Crippen LogP contribution in [0.4, 0.5) is 0 Å². The number of aryl methyl sites for hydroxylation is 1. The summed E-state index contributed by atoms with van der Waals surface area (Å²) in [5.74, 6) is 1.30. The van der Waals surface area contributed by atoms with Crippen LogP contribution in [-0.2, 0) is 12.4 Å². The molecule has 0 aliphatic rings. The summed E-state index contributed by atoms with van der Waals surface area (Å²) in [5.41, 5.74) is 1.92. The van der Waals surface area contributed by atoms with E-state index >= 15 is 0 Å². The van der Waals surface area contributed by atoms with Gasteiger partial charge in [0.15, 0.2) is 0 Å². The molecule has 0 aliphatic carbocycles. The molecule has 0 radical (unpaired) electrons. The van der Waals surface area contributed by atoms with Gasteiger partial charge in [0.25, 0.3) is 0 Å². The summed E-state index contributed by atoms with van der Waals surface area (Å²) in [6, 6.07) is 6.44. The molecule has 0 bridgehead atoms. The van der Waals surface area contributed by atoms with Gasteiger partial charge in [0, 0.05) is 12.6 Å². The number of benzene rings is 1. The topological polar surface area (TPSA) is 21.1 Å². The van der Waals surface area contributed by atoms with Gasteiger partial charge in [0.1, 0.15) is 11.3 Å². The summed E-state index contributed by atoms with van der Waals surface area (Å²) in [4.78, 5) is 6.89. The third-order valence-electron chi connectivity index (χ3n) is 3.70.